The van der Waals surface area contributed by atoms with Gasteiger partial charge in [0.05, 0.1) is 7.11 Å². The van der Waals surface area contributed by atoms with E-state index in [0.717, 1.165) is 5.56 Å². The first-order chi connectivity index (χ1) is 9.60. The Hall–Kier alpha value is -2.89. The Bertz CT molecular complexity index is 610. The minimum Gasteiger partial charge on any atom is -0.497 e. The molecule has 2 N–H and O–H groups in total. The number of barbiturate groups is 1. The van der Waals surface area contributed by atoms with Gasteiger partial charge in [-0.1, -0.05) is 24.3 Å². The Morgan fingerprint density at radius 1 is 1.10 bits per heavy atom. The van der Waals surface area contributed by atoms with Crippen molar-refractivity contribution < 1.29 is 19.1 Å². The molecule has 6 nitrogen and oxygen atoms in total. The first-order valence-corrected chi connectivity index (χ1v) is 5.79. The summed E-state index contributed by atoms with van der Waals surface area (Å²) in [5.41, 5.74) is 0.734. The SMILES string of the molecule is COc1cccc(/C=C/C=C2C(=O)NC(=O)NC2=O)c1. The molecule has 0 aliphatic carbocycles. The van der Waals surface area contributed by atoms with Crippen LogP contribution in [0.1, 0.15) is 5.56 Å². The highest BCUT2D eigenvalue weighted by Gasteiger charge is 2.26. The van der Waals surface area contributed by atoms with Crippen LogP contribution in [-0.4, -0.2) is 25.0 Å². The fraction of sp³-hybridized carbons (Fsp3) is 0.0714. The molecule has 1 fully saturated rings. The zero-order chi connectivity index (χ0) is 14.5. The lowest BCUT2D eigenvalue weighted by Crippen LogP contribution is -2.51. The van der Waals surface area contributed by atoms with Crippen LogP contribution in [0.15, 0.2) is 42.0 Å². The van der Waals surface area contributed by atoms with Crippen LogP contribution in [-0.2, 0) is 9.59 Å². The molecule has 0 spiro atoms. The van der Waals surface area contributed by atoms with Gasteiger partial charge < -0.3 is 4.74 Å². The molecule has 102 valence electrons. The molecule has 0 bridgehead atoms. The summed E-state index contributed by atoms with van der Waals surface area (Å²) in [4.78, 5) is 33.8. The fourth-order valence-electron chi connectivity index (χ4n) is 1.63. The average molecular weight is 272 g/mol. The number of urea groups is 1. The van der Waals surface area contributed by atoms with Crippen molar-refractivity contribution in [3.63, 3.8) is 0 Å². The molecule has 6 heteroatoms. The lowest BCUT2D eigenvalue weighted by molar-refractivity contribution is -0.124. The molecule has 0 radical (unpaired) electrons. The maximum Gasteiger partial charge on any atom is 0.328 e. The number of hydrogen-bond donors (Lipinski definition) is 2. The molecular formula is C14H12N2O4. The number of rotatable bonds is 3. The van der Waals surface area contributed by atoms with Gasteiger partial charge in [-0.2, -0.15) is 0 Å². The highest BCUT2D eigenvalue weighted by atomic mass is 16.5. The number of allylic oxidation sites excluding steroid dienone is 2. The summed E-state index contributed by atoms with van der Waals surface area (Å²) in [7, 11) is 1.57. The minimum atomic E-state index is -0.811. The third-order valence-electron chi connectivity index (χ3n) is 2.59. The van der Waals surface area contributed by atoms with E-state index in [9.17, 15) is 14.4 Å². The number of imide groups is 2. The van der Waals surface area contributed by atoms with Crippen molar-refractivity contribution in [2.75, 3.05) is 7.11 Å². The van der Waals surface area contributed by atoms with Crippen LogP contribution in [0.5, 0.6) is 5.75 Å². The van der Waals surface area contributed by atoms with Crippen LogP contribution in [0.2, 0.25) is 0 Å². The number of carbonyl (C=O) groups excluding carboxylic acids is 3. The Balaban J connectivity index is 2.15. The van der Waals surface area contributed by atoms with E-state index < -0.39 is 17.8 Å². The monoisotopic (exact) mass is 272 g/mol. The summed E-state index contributed by atoms with van der Waals surface area (Å²) in [5, 5.41) is 3.99. The second-order valence-electron chi connectivity index (χ2n) is 3.95. The molecule has 0 aromatic heterocycles. The fourth-order valence-corrected chi connectivity index (χ4v) is 1.63. The first-order valence-electron chi connectivity index (χ1n) is 5.79. The lowest BCUT2D eigenvalue weighted by atomic mass is 10.1. The summed E-state index contributed by atoms with van der Waals surface area (Å²) in [6, 6.07) is 6.48. The molecule has 1 aromatic rings. The van der Waals surface area contributed by atoms with Crippen LogP contribution in [0.4, 0.5) is 4.79 Å². The van der Waals surface area contributed by atoms with Gasteiger partial charge in [0.15, 0.2) is 0 Å². The van der Waals surface area contributed by atoms with Crippen LogP contribution >= 0.6 is 0 Å². The normalized spacial score (nSPS) is 15.1. The van der Waals surface area contributed by atoms with E-state index in [0.29, 0.717) is 5.75 Å². The molecule has 0 saturated carbocycles. The van der Waals surface area contributed by atoms with E-state index in [4.69, 9.17) is 4.74 Å². The maximum absolute atomic E-state index is 11.4. The van der Waals surface area contributed by atoms with Gasteiger partial charge in [0.25, 0.3) is 11.8 Å². The number of amides is 4. The van der Waals surface area contributed by atoms with Crippen molar-refractivity contribution in [2.45, 2.75) is 0 Å². The largest absolute Gasteiger partial charge is 0.497 e. The van der Waals surface area contributed by atoms with Crippen LogP contribution < -0.4 is 15.4 Å². The molecule has 1 saturated heterocycles. The van der Waals surface area contributed by atoms with Crippen molar-refractivity contribution in [1.29, 1.82) is 0 Å². The number of hydrogen-bond acceptors (Lipinski definition) is 4. The molecule has 0 atom stereocenters. The van der Waals surface area contributed by atoms with Crippen LogP contribution in [0.25, 0.3) is 6.08 Å². The predicted molar refractivity (Wildman–Crippen MR) is 71.8 cm³/mol. The van der Waals surface area contributed by atoms with Gasteiger partial charge in [-0.25, -0.2) is 4.79 Å². The van der Waals surface area contributed by atoms with Gasteiger partial charge in [-0.3, -0.25) is 20.2 Å². The molecule has 1 aliphatic heterocycles. The van der Waals surface area contributed by atoms with Crippen molar-refractivity contribution >= 4 is 23.9 Å². The molecule has 1 heterocycles. The molecule has 1 aromatic carbocycles. The molecular weight excluding hydrogens is 260 g/mol. The smallest absolute Gasteiger partial charge is 0.328 e. The van der Waals surface area contributed by atoms with E-state index in [-0.39, 0.29) is 5.57 Å². The Kier molecular flexibility index (Phi) is 3.95. The maximum atomic E-state index is 11.4. The zero-order valence-electron chi connectivity index (χ0n) is 10.7. The van der Waals surface area contributed by atoms with E-state index >= 15 is 0 Å². The van der Waals surface area contributed by atoms with Gasteiger partial charge in [0.1, 0.15) is 11.3 Å². The first kappa shape index (κ1) is 13.5. The molecule has 1 aliphatic rings. The highest BCUT2D eigenvalue weighted by molar-refractivity contribution is 6.29. The summed E-state index contributed by atoms with van der Waals surface area (Å²) in [6.45, 7) is 0. The molecule has 20 heavy (non-hydrogen) atoms. The number of carbonyl (C=O) groups is 3. The zero-order valence-corrected chi connectivity index (χ0v) is 10.7. The van der Waals surface area contributed by atoms with Crippen LogP contribution in [0.3, 0.4) is 0 Å². The number of ether oxygens (including phenoxy) is 1. The van der Waals surface area contributed by atoms with Crippen molar-refractivity contribution in [1.82, 2.24) is 10.6 Å². The molecule has 4 amide bonds. The number of nitrogens with one attached hydrogen (secondary N) is 2. The van der Waals surface area contributed by atoms with Crippen molar-refractivity contribution in [2.24, 2.45) is 0 Å². The van der Waals surface area contributed by atoms with Gasteiger partial charge in [0, 0.05) is 0 Å². The minimum absolute atomic E-state index is 0.122. The van der Waals surface area contributed by atoms with Gasteiger partial charge in [-0.15, -0.1) is 0 Å². The molecule has 0 unspecified atom stereocenters. The summed E-state index contributed by atoms with van der Waals surface area (Å²) in [5.74, 6) is -0.721. The molecule has 2 rings (SSSR count). The summed E-state index contributed by atoms with van der Waals surface area (Å²) < 4.78 is 5.08. The van der Waals surface area contributed by atoms with E-state index in [1.54, 1.807) is 25.3 Å². The van der Waals surface area contributed by atoms with E-state index in [1.807, 2.05) is 28.8 Å². The standard InChI is InChI=1S/C14H12N2O4/c1-20-10-6-2-4-9(8-10)5-3-7-11-12(17)15-14(19)16-13(11)18/h2-8H,1H3,(H2,15,16,17,18,19)/b5-3+. The number of benzene rings is 1. The van der Waals surface area contributed by atoms with Crippen molar-refractivity contribution in [3.05, 3.63) is 47.6 Å². The van der Waals surface area contributed by atoms with Gasteiger partial charge >= 0.3 is 6.03 Å². The van der Waals surface area contributed by atoms with Crippen molar-refractivity contribution in [3.8, 4) is 5.75 Å². The highest BCUT2D eigenvalue weighted by Crippen LogP contribution is 2.13. The Morgan fingerprint density at radius 2 is 1.80 bits per heavy atom. The summed E-state index contributed by atoms with van der Waals surface area (Å²) >= 11 is 0. The number of methoxy groups -OCH3 is 1. The third kappa shape index (κ3) is 3.11. The quantitative estimate of drug-likeness (QED) is 0.635. The second-order valence-corrected chi connectivity index (χ2v) is 3.95. The average Bonchev–Trinajstić information content (AvgIpc) is 2.42. The summed E-state index contributed by atoms with van der Waals surface area (Å²) in [6.07, 6.45) is 4.61. The third-order valence-corrected chi connectivity index (χ3v) is 2.59. The lowest BCUT2D eigenvalue weighted by Gasteiger charge is -2.12. The Morgan fingerprint density at radius 3 is 2.45 bits per heavy atom. The van der Waals surface area contributed by atoms with Crippen LogP contribution in [0, 0.1) is 0 Å². The van der Waals surface area contributed by atoms with E-state index in [1.165, 1.54) is 6.08 Å². The predicted octanol–water partition coefficient (Wildman–Crippen LogP) is 1.00. The van der Waals surface area contributed by atoms with Gasteiger partial charge in [0.2, 0.25) is 0 Å². The van der Waals surface area contributed by atoms with Gasteiger partial charge in [-0.05, 0) is 23.8 Å². The Labute approximate surface area is 115 Å². The van der Waals surface area contributed by atoms with E-state index in [2.05, 4.69) is 0 Å². The second kappa shape index (κ2) is 5.83. The topological polar surface area (TPSA) is 84.5 Å².